The van der Waals surface area contributed by atoms with Crippen LogP contribution in [0.2, 0.25) is 0 Å². The summed E-state index contributed by atoms with van der Waals surface area (Å²) in [4.78, 5) is 30.6. The van der Waals surface area contributed by atoms with Crippen molar-refractivity contribution >= 4 is 35.3 Å². The average molecular weight is 607 g/mol. The molecule has 8 nitrogen and oxygen atoms in total. The summed E-state index contributed by atoms with van der Waals surface area (Å²) in [6, 6.07) is 0. The molecule has 6 rings (SSSR count). The summed E-state index contributed by atoms with van der Waals surface area (Å²) in [6.45, 7) is 15.3. The predicted molar refractivity (Wildman–Crippen MR) is 180 cm³/mol. The number of unbranched alkanes of at least 4 members (excludes halogenated alkanes) is 2. The number of ether oxygens (including phenoxy) is 1. The van der Waals surface area contributed by atoms with Crippen molar-refractivity contribution in [2.24, 2.45) is 15.0 Å². The maximum Gasteiger partial charge on any atom is 0.303 e. The van der Waals surface area contributed by atoms with Crippen LogP contribution in [0.15, 0.2) is 82.9 Å². The number of nitrogens with one attached hydrogen (secondary N) is 1. The zero-order valence-corrected chi connectivity index (χ0v) is 27.3. The first kappa shape index (κ1) is 30.7. The SMILES string of the molecule is CCCCCOC(C)c1c(C)c2[nH]c1=CC1=NC(=CC3=C(C)C4=C(O)CC(=C5N=C(C=2)C(C)=C5CCC(=O)O)C4=N3)C(C)=C1C. The van der Waals surface area contributed by atoms with Crippen LogP contribution in [0.3, 0.4) is 0 Å². The average Bonchev–Trinajstić information content (AvgIpc) is 3.74. The number of aromatic nitrogens is 1. The smallest absolute Gasteiger partial charge is 0.303 e. The van der Waals surface area contributed by atoms with Gasteiger partial charge in [0.15, 0.2) is 0 Å². The van der Waals surface area contributed by atoms with Crippen molar-refractivity contribution < 1.29 is 19.7 Å². The number of rotatable bonds is 9. The molecule has 4 aliphatic heterocycles. The Bertz CT molecular complexity index is 1950. The fraction of sp³-hybridized carbons (Fsp3) is 0.405. The minimum atomic E-state index is -0.860. The second-order valence-corrected chi connectivity index (χ2v) is 12.6. The van der Waals surface area contributed by atoms with Gasteiger partial charge in [-0.25, -0.2) is 15.0 Å². The van der Waals surface area contributed by atoms with Gasteiger partial charge >= 0.3 is 5.97 Å². The molecule has 234 valence electrons. The van der Waals surface area contributed by atoms with E-state index in [1.165, 1.54) is 0 Å². The molecule has 0 spiro atoms. The van der Waals surface area contributed by atoms with Crippen LogP contribution in [0.5, 0.6) is 0 Å². The minimum absolute atomic E-state index is 0.0115. The molecule has 0 saturated carbocycles. The molecule has 0 fully saturated rings. The molecular weight excluding hydrogens is 564 g/mol. The van der Waals surface area contributed by atoms with Gasteiger partial charge in [-0.2, -0.15) is 0 Å². The van der Waals surface area contributed by atoms with Gasteiger partial charge in [0, 0.05) is 46.9 Å². The van der Waals surface area contributed by atoms with Crippen LogP contribution >= 0.6 is 0 Å². The Kier molecular flexibility index (Phi) is 8.12. The molecule has 0 radical (unpaired) electrons. The van der Waals surface area contributed by atoms with Gasteiger partial charge in [0.25, 0.3) is 0 Å². The van der Waals surface area contributed by atoms with Crippen LogP contribution in [0.1, 0.15) is 97.3 Å². The molecule has 5 heterocycles. The molecule has 8 heteroatoms. The summed E-state index contributed by atoms with van der Waals surface area (Å²) < 4.78 is 6.36. The van der Waals surface area contributed by atoms with Crippen molar-refractivity contribution in [3.63, 3.8) is 0 Å². The number of aromatic amines is 1. The van der Waals surface area contributed by atoms with E-state index in [-0.39, 0.29) is 18.3 Å². The predicted octanol–water partition coefficient (Wildman–Crippen LogP) is 6.67. The lowest BCUT2D eigenvalue weighted by Gasteiger charge is -2.13. The van der Waals surface area contributed by atoms with Gasteiger partial charge in [0.05, 0.1) is 40.3 Å². The van der Waals surface area contributed by atoms with Crippen LogP contribution in [-0.2, 0) is 9.53 Å². The lowest BCUT2D eigenvalue weighted by Crippen LogP contribution is -2.17. The summed E-state index contributed by atoms with van der Waals surface area (Å²) in [6.07, 6.45) is 9.97. The van der Waals surface area contributed by atoms with E-state index in [9.17, 15) is 15.0 Å². The quantitative estimate of drug-likeness (QED) is 0.272. The minimum Gasteiger partial charge on any atom is -0.511 e. The molecule has 0 amide bonds. The third-order valence-electron chi connectivity index (χ3n) is 9.67. The topological polar surface area (TPSA) is 120 Å². The zero-order chi connectivity index (χ0) is 32.2. The number of allylic oxidation sites excluding steroid dienone is 8. The second-order valence-electron chi connectivity index (χ2n) is 12.6. The molecule has 1 unspecified atom stereocenters. The van der Waals surface area contributed by atoms with Crippen LogP contribution < -0.4 is 10.7 Å². The largest absolute Gasteiger partial charge is 0.511 e. The molecule has 5 aliphatic rings. The lowest BCUT2D eigenvalue weighted by molar-refractivity contribution is -0.136. The lowest BCUT2D eigenvalue weighted by atomic mass is 9.96. The highest BCUT2D eigenvalue weighted by Crippen LogP contribution is 2.44. The Morgan fingerprint density at radius 3 is 2.42 bits per heavy atom. The maximum atomic E-state index is 11.7. The number of aliphatic imine (C=N–C) groups is 3. The molecule has 45 heavy (non-hydrogen) atoms. The molecule has 0 saturated heterocycles. The number of carboxylic acids is 1. The number of fused-ring (bicyclic) bond motifs is 5. The van der Waals surface area contributed by atoms with Crippen molar-refractivity contribution in [1.82, 2.24) is 4.98 Å². The number of carbonyl (C=O) groups is 1. The van der Waals surface area contributed by atoms with E-state index in [1.54, 1.807) is 0 Å². The summed E-state index contributed by atoms with van der Waals surface area (Å²) in [5.74, 6) is -0.595. The van der Waals surface area contributed by atoms with Crippen molar-refractivity contribution in [3.8, 4) is 0 Å². The number of aliphatic hydroxyl groups excluding tert-OH is 1. The standard InChI is InChI=1S/C37H42N4O4/c1-8-9-10-13-45-23(7)34-21(5)29-16-28-20(4)24(11-12-33(43)44)36(40-28)25-14-32(42)35-22(6)30(41-37(25)35)15-26-18(2)19(3)27(38-26)17-31(34)39-29/h15-17,23,39,42H,8-14H2,1-7H3,(H,43,44). The fourth-order valence-corrected chi connectivity index (χ4v) is 6.84. The number of hydrogen-bond donors (Lipinski definition) is 3. The number of H-pyrrole nitrogens is 1. The first-order valence-corrected chi connectivity index (χ1v) is 16.0. The Morgan fingerprint density at radius 1 is 0.956 bits per heavy atom. The van der Waals surface area contributed by atoms with E-state index in [0.717, 1.165) is 103 Å². The summed E-state index contributed by atoms with van der Waals surface area (Å²) >= 11 is 0. The Balaban J connectivity index is 1.61. The molecule has 0 aromatic carbocycles. The van der Waals surface area contributed by atoms with Crippen molar-refractivity contribution in [2.45, 2.75) is 93.1 Å². The van der Waals surface area contributed by atoms with Gasteiger partial charge in [-0.1, -0.05) is 19.8 Å². The first-order chi connectivity index (χ1) is 21.5. The van der Waals surface area contributed by atoms with Gasteiger partial charge in [0.1, 0.15) is 5.76 Å². The molecular formula is C37H42N4O4. The maximum absolute atomic E-state index is 11.7. The Morgan fingerprint density at radius 2 is 1.69 bits per heavy atom. The van der Waals surface area contributed by atoms with Crippen molar-refractivity contribution in [3.05, 3.63) is 89.8 Å². The molecule has 3 N–H and O–H groups in total. The summed E-state index contributed by atoms with van der Waals surface area (Å²) in [7, 11) is 0. The first-order valence-electron chi connectivity index (χ1n) is 16.0. The summed E-state index contributed by atoms with van der Waals surface area (Å²) in [5.41, 5.74) is 13.3. The van der Waals surface area contributed by atoms with Gasteiger partial charge in [-0.15, -0.1) is 0 Å². The van der Waals surface area contributed by atoms with Crippen molar-refractivity contribution in [1.29, 1.82) is 0 Å². The number of nitrogens with zero attached hydrogens (tertiary/aromatic N) is 3. The van der Waals surface area contributed by atoms with E-state index in [4.69, 9.17) is 19.7 Å². The monoisotopic (exact) mass is 606 g/mol. The zero-order valence-electron chi connectivity index (χ0n) is 27.3. The van der Waals surface area contributed by atoms with Gasteiger partial charge in [0.2, 0.25) is 0 Å². The van der Waals surface area contributed by atoms with Crippen LogP contribution in [0.4, 0.5) is 0 Å². The second kappa shape index (κ2) is 11.9. The number of carboxylic acid groups (broad SMARTS) is 1. The highest BCUT2D eigenvalue weighted by molar-refractivity contribution is 6.26. The van der Waals surface area contributed by atoms with E-state index in [2.05, 4.69) is 51.8 Å². The van der Waals surface area contributed by atoms with E-state index < -0.39 is 5.97 Å². The molecule has 1 aromatic rings. The molecule has 1 atom stereocenters. The number of aliphatic carboxylic acids is 1. The third-order valence-corrected chi connectivity index (χ3v) is 9.67. The molecule has 1 aromatic heterocycles. The van der Waals surface area contributed by atoms with Gasteiger partial charge in [-0.3, -0.25) is 4.79 Å². The van der Waals surface area contributed by atoms with Crippen molar-refractivity contribution in [2.75, 3.05) is 6.61 Å². The number of aliphatic hydroxyl groups is 1. The third kappa shape index (κ3) is 5.35. The van der Waals surface area contributed by atoms with Gasteiger partial charge < -0.3 is 19.9 Å². The normalized spacial score (nSPS) is 19.7. The highest BCUT2D eigenvalue weighted by atomic mass is 16.5. The van der Waals surface area contributed by atoms with Crippen LogP contribution in [0, 0.1) is 6.92 Å². The Labute approximate surface area is 264 Å². The Hall–Kier alpha value is -4.30. The van der Waals surface area contributed by atoms with Crippen LogP contribution in [-0.4, -0.2) is 44.9 Å². The molecule has 1 aliphatic carbocycles. The van der Waals surface area contributed by atoms with E-state index in [1.807, 2.05) is 19.9 Å². The highest BCUT2D eigenvalue weighted by Gasteiger charge is 2.37. The fourth-order valence-electron chi connectivity index (χ4n) is 6.84. The number of hydrogen-bond acceptors (Lipinski definition) is 6. The summed E-state index contributed by atoms with van der Waals surface area (Å²) in [5, 5.41) is 22.6. The molecule has 8 bridgehead atoms. The van der Waals surface area contributed by atoms with Crippen LogP contribution in [0.25, 0.3) is 12.2 Å². The van der Waals surface area contributed by atoms with E-state index >= 15 is 0 Å². The van der Waals surface area contributed by atoms with Gasteiger partial charge in [-0.05, 0) is 106 Å². The van der Waals surface area contributed by atoms with E-state index in [0.29, 0.717) is 30.9 Å².